The van der Waals surface area contributed by atoms with Crippen molar-refractivity contribution in [3.05, 3.63) is 52.1 Å². The molecule has 0 bridgehead atoms. The molecule has 4 nitrogen and oxygen atoms in total. The van der Waals surface area contributed by atoms with E-state index in [0.717, 1.165) is 61.7 Å². The van der Waals surface area contributed by atoms with Crippen molar-refractivity contribution >= 4 is 17.4 Å². The Hall–Kier alpha value is -1.65. The van der Waals surface area contributed by atoms with Gasteiger partial charge in [0, 0.05) is 41.7 Å². The maximum absolute atomic E-state index is 12.8. The van der Waals surface area contributed by atoms with Crippen LogP contribution in [0.25, 0.3) is 0 Å². The second-order valence-corrected chi connectivity index (χ2v) is 6.99. The summed E-state index contributed by atoms with van der Waals surface area (Å²) in [6.45, 7) is 6.79. The Kier molecular flexibility index (Phi) is 5.36. The van der Waals surface area contributed by atoms with Gasteiger partial charge in [0.1, 0.15) is 5.82 Å². The van der Waals surface area contributed by atoms with Crippen molar-refractivity contribution in [1.29, 1.82) is 0 Å². The molecule has 128 valence electrons. The molecule has 5 heteroatoms. The molecule has 1 aliphatic heterocycles. The van der Waals surface area contributed by atoms with Crippen molar-refractivity contribution < 1.29 is 4.79 Å². The molecule has 1 fully saturated rings. The Labute approximate surface area is 148 Å². The van der Waals surface area contributed by atoms with Gasteiger partial charge in [-0.2, -0.15) is 0 Å². The molecule has 1 atom stereocenters. The average molecular weight is 346 g/mol. The standard InChI is InChI=1S/C19H24ClN3O/c1-3-18-21-13(2)17(22-18)12-23-9-5-7-15(11-23)19(24)14-6-4-8-16(20)10-14/h4,6,8,10,15H,3,5,7,9,11-12H2,1-2H3,(H,21,22). The number of benzene rings is 1. The number of H-pyrrole nitrogens is 1. The van der Waals surface area contributed by atoms with Gasteiger partial charge in [0.05, 0.1) is 5.69 Å². The van der Waals surface area contributed by atoms with Crippen LogP contribution in [0.15, 0.2) is 24.3 Å². The van der Waals surface area contributed by atoms with Crippen LogP contribution >= 0.6 is 11.6 Å². The number of ketones is 1. The Morgan fingerprint density at radius 3 is 3.00 bits per heavy atom. The van der Waals surface area contributed by atoms with Crippen molar-refractivity contribution in [1.82, 2.24) is 14.9 Å². The monoisotopic (exact) mass is 345 g/mol. The summed E-state index contributed by atoms with van der Waals surface area (Å²) in [4.78, 5) is 23.1. The van der Waals surface area contributed by atoms with Gasteiger partial charge in [0.15, 0.2) is 5.78 Å². The van der Waals surface area contributed by atoms with Crippen molar-refractivity contribution in [3.8, 4) is 0 Å². The summed E-state index contributed by atoms with van der Waals surface area (Å²) in [5.74, 6) is 1.28. The second kappa shape index (κ2) is 7.49. The first-order chi connectivity index (χ1) is 11.6. The lowest BCUT2D eigenvalue weighted by Gasteiger charge is -2.31. The molecular weight excluding hydrogens is 322 g/mol. The Balaban J connectivity index is 1.67. The number of nitrogens with zero attached hydrogens (tertiary/aromatic N) is 2. The predicted molar refractivity (Wildman–Crippen MR) is 96.5 cm³/mol. The van der Waals surface area contributed by atoms with E-state index >= 15 is 0 Å². The lowest BCUT2D eigenvalue weighted by molar-refractivity contribution is 0.0810. The molecule has 1 aromatic heterocycles. The fourth-order valence-corrected chi connectivity index (χ4v) is 3.58. The molecule has 1 aromatic carbocycles. The molecule has 0 saturated carbocycles. The van der Waals surface area contributed by atoms with Crippen molar-refractivity contribution in [2.24, 2.45) is 5.92 Å². The molecule has 1 N–H and O–H groups in total. The van der Waals surface area contributed by atoms with E-state index in [2.05, 4.69) is 28.7 Å². The smallest absolute Gasteiger partial charge is 0.167 e. The topological polar surface area (TPSA) is 49.0 Å². The molecule has 0 spiro atoms. The van der Waals surface area contributed by atoms with Gasteiger partial charge in [-0.3, -0.25) is 9.69 Å². The minimum Gasteiger partial charge on any atom is -0.346 e. The van der Waals surface area contributed by atoms with Crippen LogP contribution < -0.4 is 0 Å². The predicted octanol–water partition coefficient (Wildman–Crippen LogP) is 4.03. The molecule has 0 aliphatic carbocycles. The van der Waals surface area contributed by atoms with Crippen molar-refractivity contribution in [2.45, 2.75) is 39.7 Å². The van der Waals surface area contributed by atoms with Gasteiger partial charge in [0.25, 0.3) is 0 Å². The minimum atomic E-state index is 0.0436. The van der Waals surface area contributed by atoms with E-state index in [-0.39, 0.29) is 11.7 Å². The number of hydrogen-bond acceptors (Lipinski definition) is 3. The van der Waals surface area contributed by atoms with E-state index in [1.807, 2.05) is 12.1 Å². The number of imidazole rings is 1. The Bertz CT molecular complexity index is 725. The third kappa shape index (κ3) is 3.87. The minimum absolute atomic E-state index is 0.0436. The van der Waals surface area contributed by atoms with E-state index < -0.39 is 0 Å². The van der Waals surface area contributed by atoms with E-state index in [4.69, 9.17) is 11.6 Å². The SMILES string of the molecule is CCc1nc(CN2CCCC(C(=O)c3cccc(Cl)c3)C2)c(C)[nH]1. The van der Waals surface area contributed by atoms with Crippen LogP contribution in [-0.4, -0.2) is 33.7 Å². The third-order valence-corrected chi connectivity index (χ3v) is 4.96. The number of rotatable bonds is 5. The highest BCUT2D eigenvalue weighted by atomic mass is 35.5. The highest BCUT2D eigenvalue weighted by molar-refractivity contribution is 6.31. The van der Waals surface area contributed by atoms with Crippen molar-refractivity contribution in [2.75, 3.05) is 13.1 Å². The number of aryl methyl sites for hydroxylation is 2. The molecule has 2 aromatic rings. The molecule has 1 unspecified atom stereocenters. The Morgan fingerprint density at radius 2 is 2.29 bits per heavy atom. The molecule has 0 radical (unpaired) electrons. The van der Waals surface area contributed by atoms with Crippen LogP contribution in [-0.2, 0) is 13.0 Å². The van der Waals surface area contributed by atoms with E-state index in [1.165, 1.54) is 0 Å². The van der Waals surface area contributed by atoms with Crippen LogP contribution in [0, 0.1) is 12.8 Å². The summed E-state index contributed by atoms with van der Waals surface area (Å²) >= 11 is 6.02. The molecule has 1 aliphatic rings. The van der Waals surface area contributed by atoms with Gasteiger partial charge < -0.3 is 4.98 Å². The fraction of sp³-hybridized carbons (Fsp3) is 0.474. The third-order valence-electron chi connectivity index (χ3n) is 4.73. The second-order valence-electron chi connectivity index (χ2n) is 6.56. The highest BCUT2D eigenvalue weighted by Crippen LogP contribution is 2.24. The van der Waals surface area contributed by atoms with Gasteiger partial charge in [-0.05, 0) is 38.4 Å². The van der Waals surface area contributed by atoms with Gasteiger partial charge in [0.2, 0.25) is 0 Å². The number of carbonyl (C=O) groups excluding carboxylic acids is 1. The normalized spacial score (nSPS) is 18.7. The molecule has 24 heavy (non-hydrogen) atoms. The zero-order chi connectivity index (χ0) is 17.1. The van der Waals surface area contributed by atoms with Crippen molar-refractivity contribution in [3.63, 3.8) is 0 Å². The summed E-state index contributed by atoms with van der Waals surface area (Å²) in [5, 5.41) is 0.618. The lowest BCUT2D eigenvalue weighted by Crippen LogP contribution is -2.38. The van der Waals surface area contributed by atoms with Crippen LogP contribution in [0.3, 0.4) is 0 Å². The highest BCUT2D eigenvalue weighted by Gasteiger charge is 2.27. The van der Waals surface area contributed by atoms with E-state index in [1.54, 1.807) is 12.1 Å². The summed E-state index contributed by atoms with van der Waals surface area (Å²) in [6.07, 6.45) is 2.90. The van der Waals surface area contributed by atoms with Gasteiger partial charge in [-0.25, -0.2) is 4.98 Å². The number of halogens is 1. The first kappa shape index (κ1) is 17.2. The number of hydrogen-bond donors (Lipinski definition) is 1. The number of carbonyl (C=O) groups is 1. The van der Waals surface area contributed by atoms with Crippen LogP contribution in [0.4, 0.5) is 0 Å². The number of aromatic amines is 1. The molecular formula is C19H24ClN3O. The first-order valence-electron chi connectivity index (χ1n) is 8.63. The average Bonchev–Trinajstić information content (AvgIpc) is 2.94. The van der Waals surface area contributed by atoms with Gasteiger partial charge >= 0.3 is 0 Å². The zero-order valence-corrected chi connectivity index (χ0v) is 15.1. The molecule has 0 amide bonds. The summed E-state index contributed by atoms with van der Waals surface area (Å²) in [6, 6.07) is 7.28. The van der Waals surface area contributed by atoms with Crippen LogP contribution in [0.5, 0.6) is 0 Å². The number of piperidine rings is 1. The first-order valence-corrected chi connectivity index (χ1v) is 9.01. The maximum atomic E-state index is 12.8. The summed E-state index contributed by atoms with van der Waals surface area (Å²) in [7, 11) is 0. The quantitative estimate of drug-likeness (QED) is 0.832. The van der Waals surface area contributed by atoms with Crippen LogP contribution in [0.2, 0.25) is 5.02 Å². The number of Topliss-reactive ketones (excluding diaryl/α,β-unsaturated/α-hetero) is 1. The Morgan fingerprint density at radius 1 is 1.46 bits per heavy atom. The van der Waals surface area contributed by atoms with E-state index in [9.17, 15) is 4.79 Å². The van der Waals surface area contributed by atoms with Gasteiger partial charge in [-0.15, -0.1) is 0 Å². The number of likely N-dealkylation sites (tertiary alicyclic amines) is 1. The molecule has 3 rings (SSSR count). The zero-order valence-electron chi connectivity index (χ0n) is 14.3. The number of nitrogens with one attached hydrogen (secondary N) is 1. The largest absolute Gasteiger partial charge is 0.346 e. The lowest BCUT2D eigenvalue weighted by atomic mass is 9.90. The van der Waals surface area contributed by atoms with Gasteiger partial charge in [-0.1, -0.05) is 30.7 Å². The summed E-state index contributed by atoms with van der Waals surface area (Å²) < 4.78 is 0. The van der Waals surface area contributed by atoms with Crippen LogP contribution in [0.1, 0.15) is 47.3 Å². The number of aromatic nitrogens is 2. The van der Waals surface area contributed by atoms with E-state index in [0.29, 0.717) is 5.02 Å². The molecule has 2 heterocycles. The molecule has 1 saturated heterocycles. The maximum Gasteiger partial charge on any atom is 0.167 e. The summed E-state index contributed by atoms with van der Waals surface area (Å²) in [5.41, 5.74) is 2.96. The fourth-order valence-electron chi connectivity index (χ4n) is 3.39.